The average molecular weight is 238 g/mol. The zero-order valence-corrected chi connectivity index (χ0v) is 10.1. The number of aromatic amines is 1. The molecule has 0 aliphatic heterocycles. The summed E-state index contributed by atoms with van der Waals surface area (Å²) >= 11 is 1.70. The quantitative estimate of drug-likeness (QED) is 0.681. The molecule has 0 atom stereocenters. The molecule has 1 N–H and O–H groups in total. The van der Waals surface area contributed by atoms with Crippen LogP contribution in [0.3, 0.4) is 0 Å². The first-order valence-electron chi connectivity index (χ1n) is 5.34. The van der Waals surface area contributed by atoms with Gasteiger partial charge in [0, 0.05) is 22.7 Å². The lowest BCUT2D eigenvalue weighted by atomic mass is 10.0. The number of fused-ring (bicyclic) bond motifs is 1. The van der Waals surface area contributed by atoms with Crippen LogP contribution >= 0.6 is 11.3 Å². The standard InChI is InChI=1S/C14H10N2S/c1-9-7-17-8-13(9)12-6-16-14-3-2-10(5-15)4-11(12)14/h2-4,6-8,16H,1H3. The van der Waals surface area contributed by atoms with Gasteiger partial charge in [0.2, 0.25) is 0 Å². The van der Waals surface area contributed by atoms with E-state index < -0.39 is 0 Å². The van der Waals surface area contributed by atoms with Gasteiger partial charge in [-0.15, -0.1) is 0 Å². The van der Waals surface area contributed by atoms with E-state index in [1.807, 2.05) is 24.4 Å². The second-order valence-electron chi connectivity index (χ2n) is 4.04. The van der Waals surface area contributed by atoms with Crippen molar-refractivity contribution in [2.24, 2.45) is 0 Å². The SMILES string of the molecule is Cc1cscc1-c1c[nH]c2ccc(C#N)cc12. The number of thiophene rings is 1. The van der Waals surface area contributed by atoms with Gasteiger partial charge in [-0.05, 0) is 47.0 Å². The van der Waals surface area contributed by atoms with Gasteiger partial charge in [0.05, 0.1) is 11.6 Å². The topological polar surface area (TPSA) is 39.6 Å². The van der Waals surface area contributed by atoms with Crippen molar-refractivity contribution in [3.8, 4) is 17.2 Å². The summed E-state index contributed by atoms with van der Waals surface area (Å²) in [5.41, 5.74) is 5.47. The molecule has 0 radical (unpaired) electrons. The van der Waals surface area contributed by atoms with Crippen molar-refractivity contribution in [3.05, 3.63) is 46.3 Å². The number of aryl methyl sites for hydroxylation is 1. The molecular weight excluding hydrogens is 228 g/mol. The van der Waals surface area contributed by atoms with Gasteiger partial charge in [-0.1, -0.05) is 0 Å². The maximum absolute atomic E-state index is 8.95. The molecule has 2 aromatic heterocycles. The highest BCUT2D eigenvalue weighted by Crippen LogP contribution is 2.33. The molecule has 2 heterocycles. The van der Waals surface area contributed by atoms with Crippen LogP contribution in [0.25, 0.3) is 22.0 Å². The maximum atomic E-state index is 8.95. The molecule has 2 nitrogen and oxygen atoms in total. The number of hydrogen-bond donors (Lipinski definition) is 1. The second-order valence-corrected chi connectivity index (χ2v) is 4.79. The Hall–Kier alpha value is -2.05. The van der Waals surface area contributed by atoms with Gasteiger partial charge in [-0.3, -0.25) is 0 Å². The Labute approximate surface area is 103 Å². The summed E-state index contributed by atoms with van der Waals surface area (Å²) in [5.74, 6) is 0. The van der Waals surface area contributed by atoms with Gasteiger partial charge < -0.3 is 4.98 Å². The normalized spacial score (nSPS) is 10.6. The van der Waals surface area contributed by atoms with E-state index in [1.165, 1.54) is 16.7 Å². The van der Waals surface area contributed by atoms with Crippen molar-refractivity contribution >= 4 is 22.2 Å². The first kappa shape index (κ1) is 10.1. The van der Waals surface area contributed by atoms with Crippen LogP contribution in [0.1, 0.15) is 11.1 Å². The fourth-order valence-corrected chi connectivity index (χ4v) is 2.90. The number of nitrogens with one attached hydrogen (secondary N) is 1. The van der Waals surface area contributed by atoms with E-state index in [1.54, 1.807) is 11.3 Å². The summed E-state index contributed by atoms with van der Waals surface area (Å²) in [7, 11) is 0. The smallest absolute Gasteiger partial charge is 0.0991 e. The lowest BCUT2D eigenvalue weighted by molar-refractivity contribution is 1.46. The lowest BCUT2D eigenvalue weighted by Gasteiger charge is -1.98. The van der Waals surface area contributed by atoms with Crippen LogP contribution in [0.4, 0.5) is 0 Å². The fraction of sp³-hybridized carbons (Fsp3) is 0.0714. The molecular formula is C14H10N2S. The number of rotatable bonds is 1. The van der Waals surface area contributed by atoms with Crippen LogP contribution in [0, 0.1) is 18.3 Å². The fourth-order valence-electron chi connectivity index (χ4n) is 2.05. The van der Waals surface area contributed by atoms with E-state index in [0.717, 1.165) is 10.9 Å². The Bertz CT molecular complexity index is 728. The molecule has 0 bridgehead atoms. The molecule has 3 aromatic rings. The van der Waals surface area contributed by atoms with Crippen molar-refractivity contribution in [2.75, 3.05) is 0 Å². The third-order valence-electron chi connectivity index (χ3n) is 2.96. The van der Waals surface area contributed by atoms with Crippen molar-refractivity contribution in [1.29, 1.82) is 5.26 Å². The minimum absolute atomic E-state index is 0.700. The van der Waals surface area contributed by atoms with E-state index in [9.17, 15) is 0 Å². The van der Waals surface area contributed by atoms with Crippen LogP contribution in [-0.4, -0.2) is 4.98 Å². The number of hydrogen-bond acceptors (Lipinski definition) is 2. The minimum Gasteiger partial charge on any atom is -0.361 e. The number of H-pyrrole nitrogens is 1. The van der Waals surface area contributed by atoms with Crippen molar-refractivity contribution in [2.45, 2.75) is 6.92 Å². The van der Waals surface area contributed by atoms with Crippen LogP contribution in [0.15, 0.2) is 35.2 Å². The Balaban J connectivity index is 2.31. The summed E-state index contributed by atoms with van der Waals surface area (Å²) in [5, 5.41) is 14.4. The van der Waals surface area contributed by atoms with E-state index in [0.29, 0.717) is 5.56 Å². The molecule has 0 saturated heterocycles. The highest BCUT2D eigenvalue weighted by molar-refractivity contribution is 7.08. The molecule has 0 amide bonds. The molecule has 3 heteroatoms. The average Bonchev–Trinajstić information content (AvgIpc) is 2.94. The van der Waals surface area contributed by atoms with E-state index >= 15 is 0 Å². The van der Waals surface area contributed by atoms with Gasteiger partial charge in [0.15, 0.2) is 0 Å². The zero-order chi connectivity index (χ0) is 11.8. The summed E-state index contributed by atoms with van der Waals surface area (Å²) in [6.45, 7) is 2.11. The minimum atomic E-state index is 0.700. The van der Waals surface area contributed by atoms with Gasteiger partial charge in [0.1, 0.15) is 0 Å². The summed E-state index contributed by atoms with van der Waals surface area (Å²) in [6, 6.07) is 7.92. The van der Waals surface area contributed by atoms with E-state index in [4.69, 9.17) is 5.26 Å². The molecule has 17 heavy (non-hydrogen) atoms. The van der Waals surface area contributed by atoms with Crippen molar-refractivity contribution in [1.82, 2.24) is 4.98 Å². The monoisotopic (exact) mass is 238 g/mol. The van der Waals surface area contributed by atoms with Crippen molar-refractivity contribution in [3.63, 3.8) is 0 Å². The number of aromatic nitrogens is 1. The highest BCUT2D eigenvalue weighted by atomic mass is 32.1. The molecule has 3 rings (SSSR count). The van der Waals surface area contributed by atoms with Gasteiger partial charge in [-0.25, -0.2) is 0 Å². The molecule has 0 saturated carbocycles. The summed E-state index contributed by atoms with van der Waals surface area (Å²) in [4.78, 5) is 3.25. The van der Waals surface area contributed by atoms with Gasteiger partial charge >= 0.3 is 0 Å². The second kappa shape index (κ2) is 3.76. The Kier molecular flexibility index (Phi) is 2.24. The lowest BCUT2D eigenvalue weighted by Crippen LogP contribution is -1.77. The number of nitrogens with zero attached hydrogens (tertiary/aromatic N) is 1. The van der Waals surface area contributed by atoms with Gasteiger partial charge in [0.25, 0.3) is 0 Å². The third kappa shape index (κ3) is 1.54. The van der Waals surface area contributed by atoms with Crippen molar-refractivity contribution < 1.29 is 0 Å². The van der Waals surface area contributed by atoms with Crippen LogP contribution in [-0.2, 0) is 0 Å². The molecule has 0 spiro atoms. The molecule has 1 aromatic carbocycles. The molecule has 0 aliphatic carbocycles. The van der Waals surface area contributed by atoms with Crippen LogP contribution in [0.2, 0.25) is 0 Å². The van der Waals surface area contributed by atoms with E-state index in [2.05, 4.69) is 28.7 Å². The summed E-state index contributed by atoms with van der Waals surface area (Å²) < 4.78 is 0. The van der Waals surface area contributed by atoms with Crippen LogP contribution < -0.4 is 0 Å². The molecule has 82 valence electrons. The molecule has 0 fully saturated rings. The highest BCUT2D eigenvalue weighted by Gasteiger charge is 2.09. The first-order chi connectivity index (χ1) is 8.29. The predicted octanol–water partition coefficient (Wildman–Crippen LogP) is 4.08. The zero-order valence-electron chi connectivity index (χ0n) is 9.32. The van der Waals surface area contributed by atoms with E-state index in [-0.39, 0.29) is 0 Å². The number of benzene rings is 1. The van der Waals surface area contributed by atoms with Gasteiger partial charge in [-0.2, -0.15) is 16.6 Å². The summed E-state index contributed by atoms with van der Waals surface area (Å²) in [6.07, 6.45) is 2.01. The first-order valence-corrected chi connectivity index (χ1v) is 6.28. The third-order valence-corrected chi connectivity index (χ3v) is 3.82. The number of nitriles is 1. The Morgan fingerprint density at radius 1 is 1.24 bits per heavy atom. The predicted molar refractivity (Wildman–Crippen MR) is 71.1 cm³/mol. The Morgan fingerprint density at radius 3 is 2.82 bits per heavy atom. The largest absolute Gasteiger partial charge is 0.361 e. The Morgan fingerprint density at radius 2 is 2.12 bits per heavy atom. The molecule has 0 unspecified atom stereocenters. The maximum Gasteiger partial charge on any atom is 0.0991 e. The van der Waals surface area contributed by atoms with Crippen LogP contribution in [0.5, 0.6) is 0 Å². The molecule has 0 aliphatic rings.